The lowest BCUT2D eigenvalue weighted by atomic mass is 9.98. The van der Waals surface area contributed by atoms with E-state index in [1.54, 1.807) is 6.08 Å². The lowest BCUT2D eigenvalue weighted by Crippen LogP contribution is -2.54. The third-order valence-electron chi connectivity index (χ3n) is 5.76. The minimum atomic E-state index is -1.49. The van der Waals surface area contributed by atoms with E-state index in [9.17, 15) is 24.6 Å². The summed E-state index contributed by atoms with van der Waals surface area (Å²) in [6.45, 7) is 5.04. The van der Waals surface area contributed by atoms with Crippen LogP contribution in [0.5, 0.6) is 0 Å². The number of fused-ring (bicyclic) bond motifs is 3. The van der Waals surface area contributed by atoms with E-state index < -0.39 is 36.2 Å². The van der Waals surface area contributed by atoms with Gasteiger partial charge in [-0.25, -0.2) is 9.59 Å². The van der Waals surface area contributed by atoms with Crippen LogP contribution in [0.1, 0.15) is 44.2 Å². The minimum Gasteiger partial charge on any atom is -0.480 e. The molecule has 2 aromatic carbocycles. The van der Waals surface area contributed by atoms with E-state index in [1.165, 1.54) is 6.92 Å². The zero-order valence-corrected chi connectivity index (χ0v) is 19.4. The third kappa shape index (κ3) is 5.82. The van der Waals surface area contributed by atoms with Crippen molar-refractivity contribution >= 4 is 18.0 Å². The van der Waals surface area contributed by atoms with E-state index >= 15 is 0 Å². The first-order valence-electron chi connectivity index (χ1n) is 11.1. The Morgan fingerprint density at radius 2 is 1.56 bits per heavy atom. The molecule has 1 aliphatic carbocycles. The van der Waals surface area contributed by atoms with E-state index in [1.807, 2.05) is 62.4 Å². The number of amides is 2. The number of carbonyl (C=O) groups excluding carboxylic acids is 2. The van der Waals surface area contributed by atoms with Crippen molar-refractivity contribution in [3.63, 3.8) is 0 Å². The van der Waals surface area contributed by atoms with Crippen molar-refractivity contribution in [2.75, 3.05) is 6.61 Å². The summed E-state index contributed by atoms with van der Waals surface area (Å²) in [4.78, 5) is 36.7. The van der Waals surface area contributed by atoms with Gasteiger partial charge in [-0.1, -0.05) is 60.2 Å². The van der Waals surface area contributed by atoms with Gasteiger partial charge in [0.05, 0.1) is 6.10 Å². The summed E-state index contributed by atoms with van der Waals surface area (Å²) in [7, 11) is 0. The van der Waals surface area contributed by atoms with Crippen molar-refractivity contribution < 1.29 is 29.3 Å². The Balaban J connectivity index is 1.69. The molecule has 2 amide bonds. The lowest BCUT2D eigenvalue weighted by Gasteiger charge is -2.22. The van der Waals surface area contributed by atoms with Crippen LogP contribution in [-0.4, -0.2) is 53.0 Å². The van der Waals surface area contributed by atoms with Gasteiger partial charge in [0.1, 0.15) is 12.6 Å². The summed E-state index contributed by atoms with van der Waals surface area (Å²) in [5.74, 6) is -2.22. The number of allylic oxidation sites excluding steroid dienone is 1. The maximum Gasteiger partial charge on any atom is 0.407 e. The fraction of sp³-hybridized carbons (Fsp3) is 0.346. The Labute approximate surface area is 198 Å². The number of aliphatic carboxylic acids is 1. The molecular weight excluding hydrogens is 436 g/mol. The smallest absolute Gasteiger partial charge is 0.407 e. The number of rotatable bonds is 9. The summed E-state index contributed by atoms with van der Waals surface area (Å²) in [5, 5.41) is 23.7. The van der Waals surface area contributed by atoms with E-state index in [-0.39, 0.29) is 18.9 Å². The number of alkyl carbamates (subject to hydrolysis) is 1. The lowest BCUT2D eigenvalue weighted by molar-refractivity contribution is -0.145. The molecule has 8 nitrogen and oxygen atoms in total. The zero-order chi connectivity index (χ0) is 24.8. The van der Waals surface area contributed by atoms with Gasteiger partial charge in [-0.05, 0) is 49.4 Å². The third-order valence-corrected chi connectivity index (χ3v) is 5.76. The van der Waals surface area contributed by atoms with Gasteiger partial charge in [0.15, 0.2) is 6.04 Å². The highest BCUT2D eigenvalue weighted by Crippen LogP contribution is 2.44. The molecule has 3 atom stereocenters. The molecule has 34 heavy (non-hydrogen) atoms. The SMILES string of the molecule is CC(C)=CCC(NC(=O)OCC1c2ccccc2-c2ccccc21)C(=O)N[C@H](C(=O)O)[C@@H](C)O. The summed E-state index contributed by atoms with van der Waals surface area (Å²) in [6, 6.07) is 13.4. The van der Waals surface area contributed by atoms with Gasteiger partial charge < -0.3 is 25.6 Å². The molecule has 0 spiro atoms. The van der Waals surface area contributed by atoms with Crippen molar-refractivity contribution in [2.24, 2.45) is 0 Å². The molecule has 180 valence electrons. The summed E-state index contributed by atoms with van der Waals surface area (Å²) in [6.07, 6.45) is -0.190. The highest BCUT2D eigenvalue weighted by Gasteiger charge is 2.31. The first-order chi connectivity index (χ1) is 16.2. The Bertz CT molecular complexity index is 1040. The van der Waals surface area contributed by atoms with Crippen LogP contribution in [-0.2, 0) is 14.3 Å². The zero-order valence-electron chi connectivity index (χ0n) is 19.4. The fourth-order valence-corrected chi connectivity index (χ4v) is 4.01. The number of nitrogens with one attached hydrogen (secondary N) is 2. The number of hydrogen-bond acceptors (Lipinski definition) is 5. The van der Waals surface area contributed by atoms with Crippen molar-refractivity contribution in [3.05, 3.63) is 71.3 Å². The molecule has 0 heterocycles. The molecule has 2 aromatic rings. The predicted molar refractivity (Wildman–Crippen MR) is 127 cm³/mol. The Hall–Kier alpha value is -3.65. The Kier molecular flexibility index (Phi) is 8.07. The maximum absolute atomic E-state index is 12.7. The first-order valence-corrected chi connectivity index (χ1v) is 11.1. The predicted octanol–water partition coefficient (Wildman–Crippen LogP) is 3.20. The number of benzene rings is 2. The quantitative estimate of drug-likeness (QED) is 0.421. The second-order valence-electron chi connectivity index (χ2n) is 8.60. The van der Waals surface area contributed by atoms with Crippen molar-refractivity contribution in [2.45, 2.75) is 51.3 Å². The van der Waals surface area contributed by atoms with Gasteiger partial charge in [-0.2, -0.15) is 0 Å². The molecular formula is C26H30N2O6. The van der Waals surface area contributed by atoms with Gasteiger partial charge in [-0.15, -0.1) is 0 Å². The molecule has 0 radical (unpaired) electrons. The first kappa shape index (κ1) is 25.0. The summed E-state index contributed by atoms with van der Waals surface area (Å²) < 4.78 is 5.51. The van der Waals surface area contributed by atoms with Crippen LogP contribution in [0, 0.1) is 0 Å². The second-order valence-corrected chi connectivity index (χ2v) is 8.60. The summed E-state index contributed by atoms with van der Waals surface area (Å²) in [5.41, 5.74) is 5.27. The second kappa shape index (κ2) is 11.0. The molecule has 0 saturated heterocycles. The fourth-order valence-electron chi connectivity index (χ4n) is 4.01. The van der Waals surface area contributed by atoms with E-state index in [4.69, 9.17) is 4.74 Å². The van der Waals surface area contributed by atoms with Crippen LogP contribution in [0.2, 0.25) is 0 Å². The van der Waals surface area contributed by atoms with Gasteiger partial charge in [-0.3, -0.25) is 4.79 Å². The highest BCUT2D eigenvalue weighted by atomic mass is 16.5. The van der Waals surface area contributed by atoms with Crippen LogP contribution in [0.25, 0.3) is 11.1 Å². The average molecular weight is 467 g/mol. The standard InChI is InChI=1S/C26H30N2O6/c1-15(2)12-13-22(24(30)28-23(16(3)29)25(31)32)27-26(33)34-14-21-19-10-6-4-8-17(19)18-9-5-7-11-20(18)21/h4-12,16,21-23,29H,13-14H2,1-3H3,(H,27,33)(H,28,30)(H,31,32)/t16-,22?,23+/m1/s1. The molecule has 1 aliphatic rings. The van der Waals surface area contributed by atoms with Gasteiger partial charge in [0.2, 0.25) is 5.91 Å². The molecule has 0 fully saturated rings. The minimum absolute atomic E-state index is 0.0856. The van der Waals surface area contributed by atoms with Crippen molar-refractivity contribution in [3.8, 4) is 11.1 Å². The number of ether oxygens (including phenoxy) is 1. The van der Waals surface area contributed by atoms with Crippen molar-refractivity contribution in [1.82, 2.24) is 10.6 Å². The largest absolute Gasteiger partial charge is 0.480 e. The number of carboxylic acids is 1. The number of hydrogen-bond donors (Lipinski definition) is 4. The molecule has 8 heteroatoms. The van der Waals surface area contributed by atoms with Crippen molar-refractivity contribution in [1.29, 1.82) is 0 Å². The normalized spacial score (nSPS) is 14.7. The van der Waals surface area contributed by atoms with Crippen LogP contribution in [0.4, 0.5) is 4.79 Å². The summed E-state index contributed by atoms with van der Waals surface area (Å²) >= 11 is 0. The van der Waals surface area contributed by atoms with E-state index in [2.05, 4.69) is 10.6 Å². The Morgan fingerprint density at radius 1 is 1.00 bits per heavy atom. The molecule has 3 rings (SSSR count). The van der Waals surface area contributed by atoms with E-state index in [0.29, 0.717) is 0 Å². The van der Waals surface area contributed by atoms with Crippen LogP contribution < -0.4 is 10.6 Å². The molecule has 0 bridgehead atoms. The molecule has 0 saturated carbocycles. The number of carbonyl (C=O) groups is 3. The van der Waals surface area contributed by atoms with Gasteiger partial charge in [0, 0.05) is 5.92 Å². The van der Waals surface area contributed by atoms with Crippen LogP contribution in [0.15, 0.2) is 60.2 Å². The molecule has 0 aliphatic heterocycles. The molecule has 0 aromatic heterocycles. The monoisotopic (exact) mass is 466 g/mol. The number of carboxylic acid groups (broad SMARTS) is 1. The van der Waals surface area contributed by atoms with Gasteiger partial charge in [0.25, 0.3) is 0 Å². The molecule has 1 unspecified atom stereocenters. The highest BCUT2D eigenvalue weighted by molar-refractivity contribution is 5.89. The topological polar surface area (TPSA) is 125 Å². The van der Waals surface area contributed by atoms with E-state index in [0.717, 1.165) is 27.8 Å². The number of aliphatic hydroxyl groups excluding tert-OH is 1. The molecule has 4 N–H and O–H groups in total. The average Bonchev–Trinajstić information content (AvgIpc) is 3.11. The van der Waals surface area contributed by atoms with Crippen LogP contribution in [0.3, 0.4) is 0 Å². The van der Waals surface area contributed by atoms with Gasteiger partial charge >= 0.3 is 12.1 Å². The number of aliphatic hydroxyl groups is 1. The van der Waals surface area contributed by atoms with Crippen LogP contribution >= 0.6 is 0 Å². The Morgan fingerprint density at radius 3 is 2.06 bits per heavy atom. The maximum atomic E-state index is 12.7.